The summed E-state index contributed by atoms with van der Waals surface area (Å²) in [5.41, 5.74) is 5.41. The first-order chi connectivity index (χ1) is 6.31. The lowest BCUT2D eigenvalue weighted by molar-refractivity contribution is 0.0664. The SMILES string of the molecule is COCCOCCCN(C)CCN. The van der Waals surface area contributed by atoms with E-state index in [4.69, 9.17) is 15.2 Å². The minimum atomic E-state index is 0.679. The molecule has 80 valence electrons. The first kappa shape index (κ1) is 12.8. The highest BCUT2D eigenvalue weighted by molar-refractivity contribution is 4.50. The third kappa shape index (κ3) is 9.76. The van der Waals surface area contributed by atoms with Gasteiger partial charge in [0.1, 0.15) is 0 Å². The molecule has 0 heterocycles. The predicted molar refractivity (Wildman–Crippen MR) is 53.9 cm³/mol. The van der Waals surface area contributed by atoms with Crippen LogP contribution in [-0.4, -0.2) is 58.5 Å². The average Bonchev–Trinajstić information content (AvgIpc) is 2.11. The van der Waals surface area contributed by atoms with Crippen LogP contribution in [-0.2, 0) is 9.47 Å². The van der Waals surface area contributed by atoms with Gasteiger partial charge in [0, 0.05) is 33.4 Å². The molecule has 0 unspecified atom stereocenters. The molecule has 0 saturated heterocycles. The van der Waals surface area contributed by atoms with Crippen LogP contribution in [0, 0.1) is 0 Å². The van der Waals surface area contributed by atoms with E-state index in [9.17, 15) is 0 Å². The maximum atomic E-state index is 5.41. The molecule has 0 radical (unpaired) electrons. The molecule has 0 aromatic rings. The highest BCUT2D eigenvalue weighted by atomic mass is 16.5. The second-order valence-corrected chi connectivity index (χ2v) is 3.05. The minimum absolute atomic E-state index is 0.679. The van der Waals surface area contributed by atoms with Crippen LogP contribution in [0.25, 0.3) is 0 Å². The average molecular weight is 190 g/mol. The summed E-state index contributed by atoms with van der Waals surface area (Å²) in [5, 5.41) is 0. The van der Waals surface area contributed by atoms with Crippen molar-refractivity contribution in [2.75, 3.05) is 53.6 Å². The summed E-state index contributed by atoms with van der Waals surface area (Å²) in [7, 11) is 3.75. The quantitative estimate of drug-likeness (QED) is 0.517. The van der Waals surface area contributed by atoms with E-state index in [0.717, 1.165) is 32.7 Å². The summed E-state index contributed by atoms with van der Waals surface area (Å²) in [6.45, 7) is 4.90. The van der Waals surface area contributed by atoms with Crippen LogP contribution >= 0.6 is 0 Å². The van der Waals surface area contributed by atoms with Gasteiger partial charge in [-0.05, 0) is 13.5 Å². The molecule has 0 amide bonds. The number of rotatable bonds is 9. The number of nitrogens with zero attached hydrogens (tertiary/aromatic N) is 1. The zero-order valence-corrected chi connectivity index (χ0v) is 8.79. The van der Waals surface area contributed by atoms with Gasteiger partial charge >= 0.3 is 0 Å². The Morgan fingerprint density at radius 1 is 1.15 bits per heavy atom. The molecular formula is C9H22N2O2. The second-order valence-electron chi connectivity index (χ2n) is 3.05. The molecule has 0 saturated carbocycles. The van der Waals surface area contributed by atoms with Crippen LogP contribution in [0.15, 0.2) is 0 Å². The van der Waals surface area contributed by atoms with Gasteiger partial charge in [-0.25, -0.2) is 0 Å². The summed E-state index contributed by atoms with van der Waals surface area (Å²) in [4.78, 5) is 2.21. The van der Waals surface area contributed by atoms with Gasteiger partial charge in [0.2, 0.25) is 0 Å². The Kier molecular flexibility index (Phi) is 9.80. The van der Waals surface area contributed by atoms with Gasteiger partial charge in [0.25, 0.3) is 0 Å². The summed E-state index contributed by atoms with van der Waals surface area (Å²) in [6.07, 6.45) is 1.06. The zero-order valence-electron chi connectivity index (χ0n) is 8.79. The van der Waals surface area contributed by atoms with Crippen LogP contribution in [0.4, 0.5) is 0 Å². The van der Waals surface area contributed by atoms with Crippen molar-refractivity contribution in [2.24, 2.45) is 5.73 Å². The Morgan fingerprint density at radius 3 is 2.54 bits per heavy atom. The monoisotopic (exact) mass is 190 g/mol. The van der Waals surface area contributed by atoms with Crippen molar-refractivity contribution in [1.82, 2.24) is 4.90 Å². The van der Waals surface area contributed by atoms with Crippen molar-refractivity contribution in [3.63, 3.8) is 0 Å². The first-order valence-corrected chi connectivity index (χ1v) is 4.76. The zero-order chi connectivity index (χ0) is 9.94. The molecule has 0 fully saturated rings. The van der Waals surface area contributed by atoms with Crippen molar-refractivity contribution < 1.29 is 9.47 Å². The second kappa shape index (κ2) is 9.92. The number of likely N-dealkylation sites (N-methyl/N-ethyl adjacent to an activating group) is 1. The molecule has 0 aromatic carbocycles. The van der Waals surface area contributed by atoms with Crippen LogP contribution in [0.3, 0.4) is 0 Å². The molecule has 0 spiro atoms. The van der Waals surface area contributed by atoms with E-state index in [1.165, 1.54) is 0 Å². The molecule has 0 aromatic heterocycles. The lowest BCUT2D eigenvalue weighted by atomic mass is 10.4. The van der Waals surface area contributed by atoms with E-state index in [0.29, 0.717) is 13.2 Å². The molecule has 13 heavy (non-hydrogen) atoms. The van der Waals surface area contributed by atoms with Crippen LogP contribution < -0.4 is 5.73 Å². The Morgan fingerprint density at radius 2 is 1.92 bits per heavy atom. The van der Waals surface area contributed by atoms with Gasteiger partial charge in [-0.15, -0.1) is 0 Å². The maximum Gasteiger partial charge on any atom is 0.0700 e. The van der Waals surface area contributed by atoms with E-state index in [-0.39, 0.29) is 0 Å². The van der Waals surface area contributed by atoms with E-state index in [2.05, 4.69) is 11.9 Å². The van der Waals surface area contributed by atoms with Crippen molar-refractivity contribution in [3.05, 3.63) is 0 Å². The Hall–Kier alpha value is -0.160. The Bertz CT molecular complexity index is 102. The van der Waals surface area contributed by atoms with E-state index in [1.807, 2.05) is 0 Å². The summed E-state index contributed by atoms with van der Waals surface area (Å²) >= 11 is 0. The lowest BCUT2D eigenvalue weighted by Crippen LogP contribution is -2.27. The Balaban J connectivity index is 2.97. The van der Waals surface area contributed by atoms with Gasteiger partial charge in [-0.1, -0.05) is 0 Å². The number of hydrogen-bond acceptors (Lipinski definition) is 4. The number of hydrogen-bond donors (Lipinski definition) is 1. The van der Waals surface area contributed by atoms with Crippen LogP contribution in [0.5, 0.6) is 0 Å². The summed E-state index contributed by atoms with van der Waals surface area (Å²) in [5.74, 6) is 0. The summed E-state index contributed by atoms with van der Waals surface area (Å²) < 4.78 is 10.2. The van der Waals surface area contributed by atoms with E-state index in [1.54, 1.807) is 7.11 Å². The fraction of sp³-hybridized carbons (Fsp3) is 1.00. The van der Waals surface area contributed by atoms with Gasteiger partial charge in [0.15, 0.2) is 0 Å². The molecular weight excluding hydrogens is 168 g/mol. The fourth-order valence-electron chi connectivity index (χ4n) is 1.01. The number of ether oxygens (including phenoxy) is 2. The smallest absolute Gasteiger partial charge is 0.0700 e. The standard InChI is InChI=1S/C9H22N2O2/c1-11(6-4-10)5-3-7-13-9-8-12-2/h3-10H2,1-2H3. The predicted octanol–water partition coefficient (Wildman–Crippen LogP) is -0.0700. The van der Waals surface area contributed by atoms with Gasteiger partial charge < -0.3 is 20.1 Å². The third-order valence-electron chi connectivity index (χ3n) is 1.77. The van der Waals surface area contributed by atoms with Crippen molar-refractivity contribution in [1.29, 1.82) is 0 Å². The Labute approximate surface area is 81.0 Å². The highest BCUT2D eigenvalue weighted by Crippen LogP contribution is 1.87. The van der Waals surface area contributed by atoms with Crippen molar-refractivity contribution >= 4 is 0 Å². The van der Waals surface area contributed by atoms with Gasteiger partial charge in [0.05, 0.1) is 13.2 Å². The molecule has 2 N–H and O–H groups in total. The molecule has 0 aliphatic carbocycles. The minimum Gasteiger partial charge on any atom is -0.382 e. The van der Waals surface area contributed by atoms with Crippen LogP contribution in [0.2, 0.25) is 0 Å². The molecule has 0 aliphatic heterocycles. The van der Waals surface area contributed by atoms with Crippen LogP contribution in [0.1, 0.15) is 6.42 Å². The molecule has 0 aliphatic rings. The van der Waals surface area contributed by atoms with Gasteiger partial charge in [-0.2, -0.15) is 0 Å². The molecule has 0 atom stereocenters. The van der Waals surface area contributed by atoms with E-state index < -0.39 is 0 Å². The molecule has 0 rings (SSSR count). The maximum absolute atomic E-state index is 5.41. The highest BCUT2D eigenvalue weighted by Gasteiger charge is 1.95. The van der Waals surface area contributed by atoms with Crippen molar-refractivity contribution in [3.8, 4) is 0 Å². The fourth-order valence-corrected chi connectivity index (χ4v) is 1.01. The molecule has 4 heteroatoms. The third-order valence-corrected chi connectivity index (χ3v) is 1.77. The lowest BCUT2D eigenvalue weighted by Gasteiger charge is -2.14. The number of methoxy groups -OCH3 is 1. The first-order valence-electron chi connectivity index (χ1n) is 4.76. The summed E-state index contributed by atoms with van der Waals surface area (Å²) in [6, 6.07) is 0. The molecule has 0 bridgehead atoms. The van der Waals surface area contributed by atoms with Gasteiger partial charge in [-0.3, -0.25) is 0 Å². The normalized spacial score (nSPS) is 11.1. The van der Waals surface area contributed by atoms with E-state index >= 15 is 0 Å². The number of nitrogens with two attached hydrogens (primary N) is 1. The largest absolute Gasteiger partial charge is 0.382 e. The molecule has 4 nitrogen and oxygen atoms in total. The topological polar surface area (TPSA) is 47.7 Å². The van der Waals surface area contributed by atoms with Crippen molar-refractivity contribution in [2.45, 2.75) is 6.42 Å².